The smallest absolute Gasteiger partial charge is 0.255 e. The summed E-state index contributed by atoms with van der Waals surface area (Å²) in [6, 6.07) is 15.8. The van der Waals surface area contributed by atoms with Crippen LogP contribution in [-0.4, -0.2) is 44.2 Å². The van der Waals surface area contributed by atoms with Crippen molar-refractivity contribution >= 4 is 5.91 Å². The highest BCUT2D eigenvalue weighted by atomic mass is 16.5. The van der Waals surface area contributed by atoms with E-state index in [9.17, 15) is 4.79 Å². The van der Waals surface area contributed by atoms with Gasteiger partial charge in [-0.2, -0.15) is 0 Å². The topological polar surface area (TPSA) is 50.8 Å². The number of hydrogen-bond acceptors (Lipinski definition) is 4. The molecule has 0 radical (unpaired) electrons. The van der Waals surface area contributed by atoms with E-state index in [1.807, 2.05) is 6.07 Å². The standard InChI is InChI=1S/C20H24N2O3/c1-24-17-8-9-19(25-2)18(12-17)20(23)21-16-10-11-22(14-16)13-15-6-4-3-5-7-15/h3-9,12,16H,10-11,13-14H2,1-2H3,(H,21,23)/t16-/m1/s1. The molecule has 3 rings (SSSR count). The van der Waals surface area contributed by atoms with Crippen molar-refractivity contribution in [1.82, 2.24) is 10.2 Å². The second-order valence-electron chi connectivity index (χ2n) is 6.25. The summed E-state index contributed by atoms with van der Waals surface area (Å²) in [6.07, 6.45) is 0.949. The Balaban J connectivity index is 1.60. The van der Waals surface area contributed by atoms with E-state index in [-0.39, 0.29) is 11.9 Å². The van der Waals surface area contributed by atoms with E-state index in [1.165, 1.54) is 5.56 Å². The van der Waals surface area contributed by atoms with Gasteiger partial charge < -0.3 is 14.8 Å². The van der Waals surface area contributed by atoms with Gasteiger partial charge in [0.2, 0.25) is 0 Å². The molecule has 132 valence electrons. The molecular formula is C20H24N2O3. The van der Waals surface area contributed by atoms with E-state index < -0.39 is 0 Å². The Morgan fingerprint density at radius 2 is 1.96 bits per heavy atom. The molecule has 0 spiro atoms. The first-order valence-electron chi connectivity index (χ1n) is 8.48. The second-order valence-corrected chi connectivity index (χ2v) is 6.25. The predicted molar refractivity (Wildman–Crippen MR) is 97.1 cm³/mol. The van der Waals surface area contributed by atoms with Gasteiger partial charge in [-0.05, 0) is 30.2 Å². The van der Waals surface area contributed by atoms with Crippen LogP contribution in [0.2, 0.25) is 0 Å². The molecule has 25 heavy (non-hydrogen) atoms. The number of benzene rings is 2. The van der Waals surface area contributed by atoms with E-state index in [0.29, 0.717) is 17.1 Å². The number of nitrogens with one attached hydrogen (secondary N) is 1. The maximum atomic E-state index is 12.6. The second kappa shape index (κ2) is 8.03. The molecule has 0 saturated carbocycles. The number of carbonyl (C=O) groups excluding carboxylic acids is 1. The SMILES string of the molecule is COc1ccc(OC)c(C(=O)N[C@@H]2CCN(Cc3ccccc3)C2)c1. The summed E-state index contributed by atoms with van der Waals surface area (Å²) >= 11 is 0. The summed E-state index contributed by atoms with van der Waals surface area (Å²) in [6.45, 7) is 2.75. The van der Waals surface area contributed by atoms with E-state index in [0.717, 1.165) is 26.1 Å². The maximum absolute atomic E-state index is 12.6. The molecule has 0 unspecified atom stereocenters. The van der Waals surface area contributed by atoms with Crippen LogP contribution in [-0.2, 0) is 6.54 Å². The van der Waals surface area contributed by atoms with Crippen molar-refractivity contribution in [3.05, 3.63) is 59.7 Å². The molecule has 0 bridgehead atoms. The van der Waals surface area contributed by atoms with Crippen LogP contribution in [0.15, 0.2) is 48.5 Å². The average Bonchev–Trinajstić information content (AvgIpc) is 3.08. The van der Waals surface area contributed by atoms with Gasteiger partial charge in [0.1, 0.15) is 11.5 Å². The summed E-state index contributed by atoms with van der Waals surface area (Å²) in [5.74, 6) is 1.07. The fourth-order valence-electron chi connectivity index (χ4n) is 3.19. The van der Waals surface area contributed by atoms with Crippen LogP contribution in [0.5, 0.6) is 11.5 Å². The summed E-state index contributed by atoms with van der Waals surface area (Å²) in [4.78, 5) is 15.0. The van der Waals surface area contributed by atoms with Gasteiger partial charge in [0, 0.05) is 25.7 Å². The summed E-state index contributed by atoms with van der Waals surface area (Å²) < 4.78 is 10.5. The van der Waals surface area contributed by atoms with Crippen LogP contribution in [0.1, 0.15) is 22.3 Å². The quantitative estimate of drug-likeness (QED) is 0.878. The predicted octanol–water partition coefficient (Wildman–Crippen LogP) is 2.71. The lowest BCUT2D eigenvalue weighted by Gasteiger charge is -2.17. The van der Waals surface area contributed by atoms with Gasteiger partial charge in [0.15, 0.2) is 0 Å². The van der Waals surface area contributed by atoms with E-state index in [2.05, 4.69) is 34.5 Å². The molecule has 2 aromatic carbocycles. The van der Waals surface area contributed by atoms with Gasteiger partial charge >= 0.3 is 0 Å². The molecule has 0 aromatic heterocycles. The van der Waals surface area contributed by atoms with Crippen LogP contribution in [0.25, 0.3) is 0 Å². The number of likely N-dealkylation sites (tertiary alicyclic amines) is 1. The van der Waals surface area contributed by atoms with E-state index in [4.69, 9.17) is 9.47 Å². The zero-order valence-corrected chi connectivity index (χ0v) is 14.7. The number of hydrogen-bond donors (Lipinski definition) is 1. The third-order valence-electron chi connectivity index (χ3n) is 4.51. The van der Waals surface area contributed by atoms with Crippen LogP contribution in [0.3, 0.4) is 0 Å². The lowest BCUT2D eigenvalue weighted by atomic mass is 10.1. The monoisotopic (exact) mass is 340 g/mol. The molecular weight excluding hydrogens is 316 g/mol. The molecule has 1 aliphatic heterocycles. The third kappa shape index (κ3) is 4.31. The fourth-order valence-corrected chi connectivity index (χ4v) is 3.19. The average molecular weight is 340 g/mol. The van der Waals surface area contributed by atoms with Crippen LogP contribution < -0.4 is 14.8 Å². The number of ether oxygens (including phenoxy) is 2. The van der Waals surface area contributed by atoms with Gasteiger partial charge in [-0.15, -0.1) is 0 Å². The summed E-state index contributed by atoms with van der Waals surface area (Å²) in [5, 5.41) is 3.12. The molecule has 1 N–H and O–H groups in total. The van der Waals surface area contributed by atoms with Crippen molar-refractivity contribution in [1.29, 1.82) is 0 Å². The van der Waals surface area contributed by atoms with Gasteiger partial charge in [-0.25, -0.2) is 0 Å². The molecule has 1 heterocycles. The van der Waals surface area contributed by atoms with E-state index >= 15 is 0 Å². The molecule has 1 atom stereocenters. The largest absolute Gasteiger partial charge is 0.497 e. The number of amides is 1. The van der Waals surface area contributed by atoms with Crippen LogP contribution in [0.4, 0.5) is 0 Å². The molecule has 1 saturated heterocycles. The third-order valence-corrected chi connectivity index (χ3v) is 4.51. The van der Waals surface area contributed by atoms with E-state index in [1.54, 1.807) is 32.4 Å². The van der Waals surface area contributed by atoms with Crippen LogP contribution >= 0.6 is 0 Å². The van der Waals surface area contributed by atoms with Crippen molar-refractivity contribution < 1.29 is 14.3 Å². The highest BCUT2D eigenvalue weighted by molar-refractivity contribution is 5.97. The lowest BCUT2D eigenvalue weighted by molar-refractivity contribution is 0.0934. The van der Waals surface area contributed by atoms with Gasteiger partial charge in [-0.1, -0.05) is 30.3 Å². The minimum Gasteiger partial charge on any atom is -0.497 e. The minimum atomic E-state index is -0.123. The zero-order chi connectivity index (χ0) is 17.6. The van der Waals surface area contributed by atoms with Crippen molar-refractivity contribution in [3.63, 3.8) is 0 Å². The highest BCUT2D eigenvalue weighted by Crippen LogP contribution is 2.24. The summed E-state index contributed by atoms with van der Waals surface area (Å²) in [5.41, 5.74) is 1.80. The molecule has 2 aromatic rings. The normalized spacial score (nSPS) is 17.3. The van der Waals surface area contributed by atoms with Crippen molar-refractivity contribution in [2.24, 2.45) is 0 Å². The zero-order valence-electron chi connectivity index (χ0n) is 14.7. The fraction of sp³-hybridized carbons (Fsp3) is 0.350. The number of methoxy groups -OCH3 is 2. The maximum Gasteiger partial charge on any atom is 0.255 e. The Kier molecular flexibility index (Phi) is 5.56. The number of nitrogens with zero attached hydrogens (tertiary/aromatic N) is 1. The minimum absolute atomic E-state index is 0.123. The Bertz CT molecular complexity index is 718. The Morgan fingerprint density at radius 1 is 1.16 bits per heavy atom. The van der Waals surface area contributed by atoms with Crippen molar-refractivity contribution in [2.75, 3.05) is 27.3 Å². The van der Waals surface area contributed by atoms with Crippen LogP contribution in [0, 0.1) is 0 Å². The van der Waals surface area contributed by atoms with Gasteiger partial charge in [0.05, 0.1) is 19.8 Å². The lowest BCUT2D eigenvalue weighted by Crippen LogP contribution is -2.37. The molecule has 5 nitrogen and oxygen atoms in total. The highest BCUT2D eigenvalue weighted by Gasteiger charge is 2.25. The Hall–Kier alpha value is -2.53. The number of rotatable bonds is 6. The molecule has 1 aliphatic rings. The first-order valence-corrected chi connectivity index (χ1v) is 8.48. The molecule has 0 aliphatic carbocycles. The molecule has 1 fully saturated rings. The Morgan fingerprint density at radius 3 is 2.68 bits per heavy atom. The molecule has 5 heteroatoms. The first kappa shape index (κ1) is 17.3. The number of carbonyl (C=O) groups is 1. The van der Waals surface area contributed by atoms with Gasteiger partial charge in [0.25, 0.3) is 5.91 Å². The van der Waals surface area contributed by atoms with Crippen molar-refractivity contribution in [2.45, 2.75) is 19.0 Å². The van der Waals surface area contributed by atoms with Crippen molar-refractivity contribution in [3.8, 4) is 11.5 Å². The first-order chi connectivity index (χ1) is 12.2. The Labute approximate surface area is 148 Å². The van der Waals surface area contributed by atoms with Gasteiger partial charge in [-0.3, -0.25) is 9.69 Å². The molecule has 1 amide bonds. The summed E-state index contributed by atoms with van der Waals surface area (Å²) in [7, 11) is 3.15.